The number of carbonyl (C=O) groups is 1. The molecule has 5 nitrogen and oxygen atoms in total. The molecule has 3 rings (SSSR count). The van der Waals surface area contributed by atoms with Gasteiger partial charge in [-0.1, -0.05) is 11.6 Å². The number of hydrogen-bond donors (Lipinski definition) is 0. The number of benzene rings is 2. The van der Waals surface area contributed by atoms with Crippen molar-refractivity contribution in [2.24, 2.45) is 0 Å². The van der Waals surface area contributed by atoms with Gasteiger partial charge in [0.25, 0.3) is 0 Å². The van der Waals surface area contributed by atoms with Crippen LogP contribution in [0.25, 0.3) is 0 Å². The Morgan fingerprint density at radius 2 is 2.04 bits per heavy atom. The second-order valence-corrected chi connectivity index (χ2v) is 6.29. The van der Waals surface area contributed by atoms with Gasteiger partial charge in [0.15, 0.2) is 11.5 Å². The quantitative estimate of drug-likeness (QED) is 0.702. The third-order valence-corrected chi connectivity index (χ3v) is 4.31. The lowest BCUT2D eigenvalue weighted by atomic mass is 10.2. The van der Waals surface area contributed by atoms with E-state index in [0.29, 0.717) is 45.5 Å². The van der Waals surface area contributed by atoms with E-state index in [1.54, 1.807) is 37.4 Å². The van der Waals surface area contributed by atoms with E-state index in [2.05, 4.69) is 15.9 Å². The number of rotatable bonds is 4. The molecule has 0 N–H and O–H groups in total. The highest BCUT2D eigenvalue weighted by Crippen LogP contribution is 2.38. The van der Waals surface area contributed by atoms with Crippen molar-refractivity contribution in [2.45, 2.75) is 6.61 Å². The number of ether oxygens (including phenoxy) is 4. The van der Waals surface area contributed by atoms with Gasteiger partial charge in [-0.05, 0) is 51.8 Å². The zero-order valence-electron chi connectivity index (χ0n) is 12.8. The smallest absolute Gasteiger partial charge is 0.338 e. The fourth-order valence-electron chi connectivity index (χ4n) is 2.27. The first kappa shape index (κ1) is 16.9. The van der Waals surface area contributed by atoms with E-state index in [9.17, 15) is 4.79 Å². The average molecular weight is 414 g/mol. The van der Waals surface area contributed by atoms with E-state index in [1.807, 2.05) is 0 Å². The van der Waals surface area contributed by atoms with Gasteiger partial charge in [-0.3, -0.25) is 0 Å². The molecule has 0 bridgehead atoms. The summed E-state index contributed by atoms with van der Waals surface area (Å²) < 4.78 is 22.1. The molecule has 1 aliphatic heterocycles. The molecule has 0 aromatic heterocycles. The molecule has 0 atom stereocenters. The Hall–Kier alpha value is -1.92. The summed E-state index contributed by atoms with van der Waals surface area (Å²) in [5.74, 6) is 1.29. The highest BCUT2D eigenvalue weighted by Gasteiger charge is 2.17. The van der Waals surface area contributed by atoms with Crippen LogP contribution < -0.4 is 14.2 Å². The van der Waals surface area contributed by atoms with Gasteiger partial charge in [0, 0.05) is 0 Å². The van der Waals surface area contributed by atoms with Crippen LogP contribution in [0.4, 0.5) is 0 Å². The van der Waals surface area contributed by atoms with E-state index >= 15 is 0 Å². The predicted molar refractivity (Wildman–Crippen MR) is 92.3 cm³/mol. The monoisotopic (exact) mass is 412 g/mol. The molecule has 2 aromatic carbocycles. The highest BCUT2D eigenvalue weighted by molar-refractivity contribution is 9.10. The molecule has 0 amide bonds. The second kappa shape index (κ2) is 7.32. The van der Waals surface area contributed by atoms with Gasteiger partial charge < -0.3 is 18.9 Å². The molecular weight excluding hydrogens is 400 g/mol. The van der Waals surface area contributed by atoms with Crippen LogP contribution in [0.1, 0.15) is 15.9 Å². The lowest BCUT2D eigenvalue weighted by Gasteiger charge is -2.20. The lowest BCUT2D eigenvalue weighted by Crippen LogP contribution is -2.16. The normalized spacial score (nSPS) is 12.6. The van der Waals surface area contributed by atoms with Crippen LogP contribution in [0.2, 0.25) is 5.02 Å². The fraction of sp³-hybridized carbons (Fsp3) is 0.235. The van der Waals surface area contributed by atoms with Crippen molar-refractivity contribution >= 4 is 33.5 Å². The maximum absolute atomic E-state index is 12.2. The van der Waals surface area contributed by atoms with Gasteiger partial charge in [-0.15, -0.1) is 0 Å². The second-order valence-electron chi connectivity index (χ2n) is 5.03. The maximum atomic E-state index is 12.2. The minimum Gasteiger partial charge on any atom is -0.496 e. The van der Waals surface area contributed by atoms with Crippen molar-refractivity contribution in [1.82, 2.24) is 0 Å². The minimum absolute atomic E-state index is 0.0822. The standard InChI is InChI=1S/C17H14BrClO5/c1-21-14-3-2-11(8-12(14)18)17(20)24-9-10-6-13(19)16-15(7-10)22-4-5-23-16/h2-3,6-8H,4-5,9H2,1H3. The number of hydrogen-bond acceptors (Lipinski definition) is 5. The Kier molecular flexibility index (Phi) is 5.16. The van der Waals surface area contributed by atoms with Crippen LogP contribution in [-0.2, 0) is 11.3 Å². The van der Waals surface area contributed by atoms with Crippen molar-refractivity contribution in [3.05, 3.63) is 51.0 Å². The molecular formula is C17H14BrClO5. The van der Waals surface area contributed by atoms with Gasteiger partial charge in [0.2, 0.25) is 0 Å². The van der Waals surface area contributed by atoms with Gasteiger partial charge >= 0.3 is 5.97 Å². The summed E-state index contributed by atoms with van der Waals surface area (Å²) in [4.78, 5) is 12.2. The molecule has 0 fully saturated rings. The fourth-order valence-corrected chi connectivity index (χ4v) is 3.10. The lowest BCUT2D eigenvalue weighted by molar-refractivity contribution is 0.0472. The molecule has 0 saturated carbocycles. The number of esters is 1. The number of halogens is 2. The Balaban J connectivity index is 1.70. The van der Waals surface area contributed by atoms with Crippen LogP contribution in [0.5, 0.6) is 17.2 Å². The predicted octanol–water partition coefficient (Wildman–Crippen LogP) is 4.24. The average Bonchev–Trinajstić information content (AvgIpc) is 2.59. The van der Waals surface area contributed by atoms with Crippen LogP contribution in [0.15, 0.2) is 34.8 Å². The van der Waals surface area contributed by atoms with Gasteiger partial charge in [-0.2, -0.15) is 0 Å². The Morgan fingerprint density at radius 1 is 1.25 bits per heavy atom. The summed E-state index contributed by atoms with van der Waals surface area (Å²) in [6.07, 6.45) is 0. The molecule has 0 unspecified atom stereocenters. The van der Waals surface area contributed by atoms with Crippen molar-refractivity contribution in [3.8, 4) is 17.2 Å². The van der Waals surface area contributed by atoms with E-state index in [4.69, 9.17) is 30.5 Å². The molecule has 1 heterocycles. The van der Waals surface area contributed by atoms with E-state index in [0.717, 1.165) is 5.56 Å². The topological polar surface area (TPSA) is 54.0 Å². The Labute approximate surface area is 152 Å². The summed E-state index contributed by atoms with van der Waals surface area (Å²) >= 11 is 9.51. The number of carbonyl (C=O) groups excluding carboxylic acids is 1. The van der Waals surface area contributed by atoms with Crippen molar-refractivity contribution in [2.75, 3.05) is 20.3 Å². The molecule has 1 aliphatic rings. The molecule has 0 radical (unpaired) electrons. The van der Waals surface area contributed by atoms with Crippen LogP contribution >= 0.6 is 27.5 Å². The first-order valence-electron chi connectivity index (χ1n) is 7.17. The van der Waals surface area contributed by atoms with E-state index < -0.39 is 5.97 Å². The zero-order chi connectivity index (χ0) is 17.1. The van der Waals surface area contributed by atoms with Crippen molar-refractivity contribution in [3.63, 3.8) is 0 Å². The van der Waals surface area contributed by atoms with E-state index in [-0.39, 0.29) is 6.61 Å². The maximum Gasteiger partial charge on any atom is 0.338 e. The molecule has 0 spiro atoms. The summed E-state index contributed by atoms with van der Waals surface area (Å²) in [6.45, 7) is 1.01. The SMILES string of the molecule is COc1ccc(C(=O)OCc2cc(Cl)c3c(c2)OCCO3)cc1Br. The van der Waals surface area contributed by atoms with Crippen molar-refractivity contribution in [1.29, 1.82) is 0 Å². The van der Waals surface area contributed by atoms with Gasteiger partial charge in [-0.25, -0.2) is 4.79 Å². The van der Waals surface area contributed by atoms with Crippen LogP contribution in [-0.4, -0.2) is 26.3 Å². The Morgan fingerprint density at radius 3 is 2.79 bits per heavy atom. The van der Waals surface area contributed by atoms with E-state index in [1.165, 1.54) is 0 Å². The number of fused-ring (bicyclic) bond motifs is 1. The highest BCUT2D eigenvalue weighted by atomic mass is 79.9. The van der Waals surface area contributed by atoms with Crippen LogP contribution in [0, 0.1) is 0 Å². The molecule has 0 saturated heterocycles. The van der Waals surface area contributed by atoms with Crippen LogP contribution in [0.3, 0.4) is 0 Å². The third kappa shape index (κ3) is 3.60. The largest absolute Gasteiger partial charge is 0.496 e. The molecule has 7 heteroatoms. The molecule has 24 heavy (non-hydrogen) atoms. The first-order valence-corrected chi connectivity index (χ1v) is 8.34. The summed E-state index contributed by atoms with van der Waals surface area (Å²) in [5, 5.41) is 0.436. The minimum atomic E-state index is -0.440. The summed E-state index contributed by atoms with van der Waals surface area (Å²) in [5.41, 5.74) is 1.15. The number of methoxy groups -OCH3 is 1. The Bertz CT molecular complexity index is 778. The third-order valence-electron chi connectivity index (χ3n) is 3.41. The first-order chi connectivity index (χ1) is 11.6. The molecule has 2 aromatic rings. The van der Waals surface area contributed by atoms with Crippen molar-refractivity contribution < 1.29 is 23.7 Å². The molecule has 126 valence electrons. The summed E-state index contributed by atoms with van der Waals surface area (Å²) in [6, 6.07) is 8.45. The molecule has 0 aliphatic carbocycles. The van der Waals surface area contributed by atoms with Gasteiger partial charge in [0.05, 0.1) is 22.2 Å². The summed E-state index contributed by atoms with van der Waals surface area (Å²) in [7, 11) is 1.56. The zero-order valence-corrected chi connectivity index (χ0v) is 15.1. The van der Waals surface area contributed by atoms with Gasteiger partial charge in [0.1, 0.15) is 25.6 Å².